The Morgan fingerprint density at radius 2 is 1.92 bits per heavy atom. The van der Waals surface area contributed by atoms with Gasteiger partial charge in [0, 0.05) is 19.1 Å². The predicted octanol–water partition coefficient (Wildman–Crippen LogP) is 2.55. The second kappa shape index (κ2) is 7.34. The number of furan rings is 1. The van der Waals surface area contributed by atoms with Crippen molar-refractivity contribution in [1.29, 1.82) is 0 Å². The lowest BCUT2D eigenvalue weighted by Crippen LogP contribution is -2.46. The van der Waals surface area contributed by atoms with Crippen LogP contribution in [0.1, 0.15) is 34.5 Å². The van der Waals surface area contributed by atoms with E-state index in [0.717, 1.165) is 24.0 Å². The zero-order valence-electron chi connectivity index (χ0n) is 13.8. The maximum absolute atomic E-state index is 12.2. The monoisotopic (exact) mass is 326 g/mol. The quantitative estimate of drug-likeness (QED) is 0.939. The third-order valence-electron chi connectivity index (χ3n) is 4.49. The zero-order chi connectivity index (χ0) is 16.9. The fourth-order valence-electron chi connectivity index (χ4n) is 3.04. The maximum Gasteiger partial charge on any atom is 0.289 e. The van der Waals surface area contributed by atoms with Crippen molar-refractivity contribution < 1.29 is 14.0 Å². The van der Waals surface area contributed by atoms with E-state index in [1.807, 2.05) is 31.2 Å². The minimum absolute atomic E-state index is 0.0418. The second-order valence-electron chi connectivity index (χ2n) is 6.21. The van der Waals surface area contributed by atoms with Gasteiger partial charge in [-0.15, -0.1) is 0 Å². The van der Waals surface area contributed by atoms with Gasteiger partial charge in [-0.05, 0) is 43.0 Å². The third kappa shape index (κ3) is 3.85. The molecule has 0 bridgehead atoms. The van der Waals surface area contributed by atoms with Gasteiger partial charge in [0.25, 0.3) is 5.91 Å². The Morgan fingerprint density at radius 3 is 2.58 bits per heavy atom. The van der Waals surface area contributed by atoms with Gasteiger partial charge in [-0.25, -0.2) is 0 Å². The van der Waals surface area contributed by atoms with Gasteiger partial charge in [0.05, 0.1) is 12.7 Å². The Morgan fingerprint density at radius 1 is 1.17 bits per heavy atom. The highest BCUT2D eigenvalue weighted by atomic mass is 16.3. The average molecular weight is 326 g/mol. The van der Waals surface area contributed by atoms with Gasteiger partial charge in [0.15, 0.2) is 5.76 Å². The fraction of sp³-hybridized carbons (Fsp3) is 0.368. The van der Waals surface area contributed by atoms with Gasteiger partial charge in [0.1, 0.15) is 0 Å². The molecule has 0 unspecified atom stereocenters. The highest BCUT2D eigenvalue weighted by Crippen LogP contribution is 2.15. The van der Waals surface area contributed by atoms with Crippen LogP contribution in [0, 0.1) is 6.92 Å². The molecule has 3 rings (SSSR count). The summed E-state index contributed by atoms with van der Waals surface area (Å²) in [5.41, 5.74) is 2.19. The first-order valence-electron chi connectivity index (χ1n) is 8.30. The molecule has 1 aliphatic rings. The van der Waals surface area contributed by atoms with Crippen LogP contribution in [-0.4, -0.2) is 35.8 Å². The summed E-state index contributed by atoms with van der Waals surface area (Å²) in [5, 5.41) is 3.09. The molecule has 1 fully saturated rings. The van der Waals surface area contributed by atoms with Crippen LogP contribution in [0.5, 0.6) is 0 Å². The number of hydrogen-bond donors (Lipinski definition) is 1. The van der Waals surface area contributed by atoms with E-state index in [1.54, 1.807) is 17.0 Å². The van der Waals surface area contributed by atoms with Crippen LogP contribution in [0.4, 0.5) is 0 Å². The van der Waals surface area contributed by atoms with E-state index in [0.29, 0.717) is 25.3 Å². The van der Waals surface area contributed by atoms with Gasteiger partial charge in [-0.3, -0.25) is 9.59 Å². The predicted molar refractivity (Wildman–Crippen MR) is 90.7 cm³/mol. The van der Waals surface area contributed by atoms with Crippen molar-refractivity contribution in [2.75, 3.05) is 13.1 Å². The van der Waals surface area contributed by atoms with Crippen molar-refractivity contribution in [3.05, 3.63) is 59.5 Å². The van der Waals surface area contributed by atoms with Crippen LogP contribution >= 0.6 is 0 Å². The molecule has 1 N–H and O–H groups in total. The highest BCUT2D eigenvalue weighted by molar-refractivity contribution is 5.91. The SMILES string of the molecule is Cc1ccccc1CC(=O)NC1CCN(C(=O)c2ccco2)CC1. The van der Waals surface area contributed by atoms with Crippen molar-refractivity contribution in [3.8, 4) is 0 Å². The normalized spacial score (nSPS) is 15.3. The summed E-state index contributed by atoms with van der Waals surface area (Å²) in [6.07, 6.45) is 3.45. The molecule has 0 spiro atoms. The first-order valence-corrected chi connectivity index (χ1v) is 8.30. The summed E-state index contributed by atoms with van der Waals surface area (Å²) in [6.45, 7) is 3.28. The Bertz CT molecular complexity index is 701. The van der Waals surface area contributed by atoms with Gasteiger partial charge < -0.3 is 14.6 Å². The van der Waals surface area contributed by atoms with Gasteiger partial charge in [-0.1, -0.05) is 24.3 Å². The number of piperidine rings is 1. The van der Waals surface area contributed by atoms with Crippen LogP contribution in [-0.2, 0) is 11.2 Å². The van der Waals surface area contributed by atoms with Crippen LogP contribution in [0.2, 0.25) is 0 Å². The lowest BCUT2D eigenvalue weighted by molar-refractivity contribution is -0.121. The van der Waals surface area contributed by atoms with Crippen molar-refractivity contribution >= 4 is 11.8 Å². The Labute approximate surface area is 141 Å². The van der Waals surface area contributed by atoms with E-state index in [1.165, 1.54) is 6.26 Å². The minimum Gasteiger partial charge on any atom is -0.459 e. The molecule has 24 heavy (non-hydrogen) atoms. The van der Waals surface area contributed by atoms with Gasteiger partial charge in [-0.2, -0.15) is 0 Å². The van der Waals surface area contributed by atoms with Crippen LogP contribution < -0.4 is 5.32 Å². The number of carbonyl (C=O) groups excluding carboxylic acids is 2. The van der Waals surface area contributed by atoms with Crippen LogP contribution in [0.15, 0.2) is 47.1 Å². The Balaban J connectivity index is 1.48. The first-order chi connectivity index (χ1) is 11.6. The van der Waals surface area contributed by atoms with Crippen LogP contribution in [0.3, 0.4) is 0 Å². The summed E-state index contributed by atoms with van der Waals surface area (Å²) < 4.78 is 5.16. The molecule has 5 nitrogen and oxygen atoms in total. The van der Waals surface area contributed by atoms with E-state index in [2.05, 4.69) is 5.32 Å². The number of rotatable bonds is 4. The van der Waals surface area contributed by atoms with E-state index in [9.17, 15) is 9.59 Å². The number of amides is 2. The van der Waals surface area contributed by atoms with E-state index >= 15 is 0 Å². The topological polar surface area (TPSA) is 62.6 Å². The molecule has 1 saturated heterocycles. The molecular weight excluding hydrogens is 304 g/mol. The van der Waals surface area contributed by atoms with Crippen molar-refractivity contribution in [3.63, 3.8) is 0 Å². The Kier molecular flexibility index (Phi) is 4.99. The Hall–Kier alpha value is -2.56. The van der Waals surface area contributed by atoms with Crippen molar-refractivity contribution in [2.45, 2.75) is 32.2 Å². The van der Waals surface area contributed by atoms with Gasteiger partial charge >= 0.3 is 0 Å². The molecule has 1 aromatic carbocycles. The number of likely N-dealkylation sites (tertiary alicyclic amines) is 1. The second-order valence-corrected chi connectivity index (χ2v) is 6.21. The number of aryl methyl sites for hydroxylation is 1. The molecule has 0 aliphatic carbocycles. The smallest absolute Gasteiger partial charge is 0.289 e. The van der Waals surface area contributed by atoms with Gasteiger partial charge in [0.2, 0.25) is 5.91 Å². The number of carbonyl (C=O) groups is 2. The lowest BCUT2D eigenvalue weighted by atomic mass is 10.0. The fourth-order valence-corrected chi connectivity index (χ4v) is 3.04. The molecule has 0 atom stereocenters. The summed E-state index contributed by atoms with van der Waals surface area (Å²) in [5.74, 6) is 0.335. The van der Waals surface area contributed by atoms with E-state index in [-0.39, 0.29) is 17.9 Å². The number of nitrogens with one attached hydrogen (secondary N) is 1. The minimum atomic E-state index is -0.0790. The number of hydrogen-bond acceptors (Lipinski definition) is 3. The summed E-state index contributed by atoms with van der Waals surface area (Å²) >= 11 is 0. The van der Waals surface area contributed by atoms with Crippen molar-refractivity contribution in [2.24, 2.45) is 0 Å². The van der Waals surface area contributed by atoms with Crippen LogP contribution in [0.25, 0.3) is 0 Å². The summed E-state index contributed by atoms with van der Waals surface area (Å²) in [4.78, 5) is 26.2. The molecule has 0 saturated carbocycles. The highest BCUT2D eigenvalue weighted by Gasteiger charge is 2.25. The standard InChI is InChI=1S/C19H22N2O3/c1-14-5-2-3-6-15(14)13-18(22)20-16-8-10-21(11-9-16)19(23)17-7-4-12-24-17/h2-7,12,16H,8-11,13H2,1H3,(H,20,22). The molecule has 0 radical (unpaired) electrons. The third-order valence-corrected chi connectivity index (χ3v) is 4.49. The summed E-state index contributed by atoms with van der Waals surface area (Å²) in [7, 11) is 0. The first kappa shape index (κ1) is 16.3. The molecular formula is C19H22N2O3. The number of benzene rings is 1. The summed E-state index contributed by atoms with van der Waals surface area (Å²) in [6, 6.07) is 11.4. The molecule has 5 heteroatoms. The van der Waals surface area contributed by atoms with E-state index < -0.39 is 0 Å². The molecule has 2 aromatic rings. The lowest BCUT2D eigenvalue weighted by Gasteiger charge is -2.32. The molecule has 2 amide bonds. The van der Waals surface area contributed by atoms with Crippen molar-refractivity contribution in [1.82, 2.24) is 10.2 Å². The number of nitrogens with zero attached hydrogens (tertiary/aromatic N) is 1. The van der Waals surface area contributed by atoms with E-state index in [4.69, 9.17) is 4.42 Å². The molecule has 1 aliphatic heterocycles. The largest absolute Gasteiger partial charge is 0.459 e. The average Bonchev–Trinajstić information content (AvgIpc) is 3.11. The molecule has 126 valence electrons. The zero-order valence-corrected chi connectivity index (χ0v) is 13.8. The molecule has 1 aromatic heterocycles. The molecule has 2 heterocycles. The maximum atomic E-state index is 12.2.